The minimum atomic E-state index is -1.31. The van der Waals surface area contributed by atoms with Gasteiger partial charge in [0.25, 0.3) is 0 Å². The molecule has 0 aliphatic carbocycles. The van der Waals surface area contributed by atoms with Crippen molar-refractivity contribution >= 4 is 23.0 Å². The average Bonchev–Trinajstić information content (AvgIpc) is 2.52. The lowest BCUT2D eigenvalue weighted by molar-refractivity contribution is 0.0599. The molecular formula is C17H17F3N2O2. The van der Waals surface area contributed by atoms with E-state index in [2.05, 4.69) is 5.32 Å². The second-order valence-corrected chi connectivity index (χ2v) is 5.51. The number of benzene rings is 2. The van der Waals surface area contributed by atoms with Gasteiger partial charge in [0, 0.05) is 12.1 Å². The summed E-state index contributed by atoms with van der Waals surface area (Å²) in [5, 5.41) is 2.57. The van der Waals surface area contributed by atoms with Gasteiger partial charge in [-0.1, -0.05) is 13.8 Å². The molecule has 0 aromatic heterocycles. The molecule has 0 atom stereocenters. The molecule has 0 aliphatic heterocycles. The van der Waals surface area contributed by atoms with E-state index in [1.165, 1.54) is 19.2 Å². The quantitative estimate of drug-likeness (QED) is 0.494. The third-order valence-corrected chi connectivity index (χ3v) is 3.53. The largest absolute Gasteiger partial charge is 0.465 e. The van der Waals surface area contributed by atoms with Crippen molar-refractivity contribution in [1.82, 2.24) is 0 Å². The van der Waals surface area contributed by atoms with Crippen molar-refractivity contribution in [3.05, 3.63) is 52.8 Å². The lowest BCUT2D eigenvalue weighted by Crippen LogP contribution is -2.11. The minimum Gasteiger partial charge on any atom is -0.465 e. The second kappa shape index (κ2) is 6.82. The van der Waals surface area contributed by atoms with Crippen LogP contribution >= 0.6 is 0 Å². The standard InChI is InChI=1S/C17H17F3N2O2/c1-8(2)14-10(17(23)24-3)4-5-12(16(14)21)22-13-7-9(18)6-11(19)15(13)20/h4-8,22H,21H2,1-3H3. The summed E-state index contributed by atoms with van der Waals surface area (Å²) >= 11 is 0. The van der Waals surface area contributed by atoms with Crippen molar-refractivity contribution in [2.75, 3.05) is 18.2 Å². The molecule has 3 N–H and O–H groups in total. The smallest absolute Gasteiger partial charge is 0.338 e. The molecule has 2 rings (SSSR count). The molecule has 0 spiro atoms. The van der Waals surface area contributed by atoms with Gasteiger partial charge >= 0.3 is 5.97 Å². The first-order chi connectivity index (χ1) is 11.3. The van der Waals surface area contributed by atoms with Crippen LogP contribution in [0.25, 0.3) is 0 Å². The second-order valence-electron chi connectivity index (χ2n) is 5.51. The number of hydrogen-bond acceptors (Lipinski definition) is 4. The molecule has 2 aromatic carbocycles. The number of anilines is 3. The van der Waals surface area contributed by atoms with Gasteiger partial charge in [0.15, 0.2) is 11.6 Å². The molecule has 0 bridgehead atoms. The lowest BCUT2D eigenvalue weighted by atomic mass is 9.94. The predicted octanol–water partition coefficient (Wildman–Crippen LogP) is 4.34. The van der Waals surface area contributed by atoms with Gasteiger partial charge in [-0.15, -0.1) is 0 Å². The molecule has 128 valence electrons. The van der Waals surface area contributed by atoms with Gasteiger partial charge in [-0.05, 0) is 23.6 Å². The Bertz CT molecular complexity index is 792. The Labute approximate surface area is 137 Å². The molecule has 0 saturated heterocycles. The molecule has 4 nitrogen and oxygen atoms in total. The highest BCUT2D eigenvalue weighted by Crippen LogP contribution is 2.35. The number of nitrogens with two attached hydrogens (primary N) is 1. The van der Waals surface area contributed by atoms with E-state index in [0.29, 0.717) is 11.6 Å². The normalized spacial score (nSPS) is 10.8. The summed E-state index contributed by atoms with van der Waals surface area (Å²) in [6, 6.07) is 4.16. The fourth-order valence-electron chi connectivity index (χ4n) is 2.45. The Morgan fingerprint density at radius 2 is 1.83 bits per heavy atom. The van der Waals surface area contributed by atoms with Crippen LogP contribution in [0, 0.1) is 17.5 Å². The van der Waals surface area contributed by atoms with Gasteiger partial charge < -0.3 is 15.8 Å². The molecule has 24 heavy (non-hydrogen) atoms. The highest BCUT2D eigenvalue weighted by molar-refractivity contribution is 5.95. The van der Waals surface area contributed by atoms with Crippen molar-refractivity contribution in [3.63, 3.8) is 0 Å². The van der Waals surface area contributed by atoms with Crippen molar-refractivity contribution < 1.29 is 22.7 Å². The Morgan fingerprint density at radius 3 is 2.42 bits per heavy atom. The summed E-state index contributed by atoms with van der Waals surface area (Å²) < 4.78 is 45.1. The molecule has 0 amide bonds. The summed E-state index contributed by atoms with van der Waals surface area (Å²) in [6.45, 7) is 3.65. The predicted molar refractivity (Wildman–Crippen MR) is 85.9 cm³/mol. The van der Waals surface area contributed by atoms with Gasteiger partial charge in [0.2, 0.25) is 0 Å². The van der Waals surface area contributed by atoms with Crippen LogP contribution in [-0.2, 0) is 4.74 Å². The number of rotatable bonds is 4. The first-order valence-corrected chi connectivity index (χ1v) is 7.18. The summed E-state index contributed by atoms with van der Waals surface area (Å²) in [7, 11) is 1.25. The molecule has 0 fully saturated rings. The van der Waals surface area contributed by atoms with E-state index in [9.17, 15) is 18.0 Å². The van der Waals surface area contributed by atoms with E-state index < -0.39 is 23.4 Å². The first-order valence-electron chi connectivity index (χ1n) is 7.18. The third-order valence-electron chi connectivity index (χ3n) is 3.53. The van der Waals surface area contributed by atoms with Gasteiger partial charge in [0.1, 0.15) is 5.82 Å². The Hall–Kier alpha value is -2.70. The highest BCUT2D eigenvalue weighted by Gasteiger charge is 2.20. The minimum absolute atomic E-state index is 0.130. The molecule has 0 saturated carbocycles. The van der Waals surface area contributed by atoms with Crippen molar-refractivity contribution in [2.24, 2.45) is 0 Å². The van der Waals surface area contributed by atoms with Crippen LogP contribution in [0.15, 0.2) is 24.3 Å². The number of nitrogens with one attached hydrogen (secondary N) is 1. The van der Waals surface area contributed by atoms with E-state index >= 15 is 0 Å². The molecule has 0 radical (unpaired) electrons. The van der Waals surface area contributed by atoms with E-state index in [0.717, 1.165) is 6.07 Å². The van der Waals surface area contributed by atoms with Crippen LogP contribution in [-0.4, -0.2) is 13.1 Å². The zero-order valence-corrected chi connectivity index (χ0v) is 13.4. The van der Waals surface area contributed by atoms with Crippen molar-refractivity contribution in [2.45, 2.75) is 19.8 Å². The van der Waals surface area contributed by atoms with E-state index in [-0.39, 0.29) is 28.5 Å². The number of esters is 1. The maximum absolute atomic E-state index is 13.8. The van der Waals surface area contributed by atoms with E-state index in [1.807, 2.05) is 13.8 Å². The fourth-order valence-corrected chi connectivity index (χ4v) is 2.45. The zero-order valence-electron chi connectivity index (χ0n) is 13.4. The molecule has 0 aliphatic rings. The highest BCUT2D eigenvalue weighted by atomic mass is 19.2. The SMILES string of the molecule is COC(=O)c1ccc(Nc2cc(F)cc(F)c2F)c(N)c1C(C)C. The number of carbonyl (C=O) groups excluding carboxylic acids is 1. The number of halogens is 3. The van der Waals surface area contributed by atoms with Crippen LogP contribution in [0.1, 0.15) is 35.7 Å². The van der Waals surface area contributed by atoms with Crippen LogP contribution in [0.3, 0.4) is 0 Å². The first kappa shape index (κ1) is 17.7. The summed E-state index contributed by atoms with van der Waals surface area (Å²) in [5.74, 6) is -4.15. The van der Waals surface area contributed by atoms with Crippen LogP contribution in [0.2, 0.25) is 0 Å². The summed E-state index contributed by atoms with van der Waals surface area (Å²) in [6.07, 6.45) is 0. The lowest BCUT2D eigenvalue weighted by Gasteiger charge is -2.18. The van der Waals surface area contributed by atoms with Gasteiger partial charge in [-0.25, -0.2) is 18.0 Å². The average molecular weight is 338 g/mol. The van der Waals surface area contributed by atoms with Crippen LogP contribution in [0.4, 0.5) is 30.2 Å². The van der Waals surface area contributed by atoms with E-state index in [4.69, 9.17) is 10.5 Å². The van der Waals surface area contributed by atoms with Crippen molar-refractivity contribution in [1.29, 1.82) is 0 Å². The molecule has 7 heteroatoms. The Balaban J connectivity index is 2.53. The topological polar surface area (TPSA) is 64.3 Å². The maximum atomic E-state index is 13.8. The molecule has 0 unspecified atom stereocenters. The van der Waals surface area contributed by atoms with Gasteiger partial charge in [0.05, 0.1) is 29.7 Å². The maximum Gasteiger partial charge on any atom is 0.338 e. The Kier molecular flexibility index (Phi) is 5.02. The summed E-state index contributed by atoms with van der Waals surface area (Å²) in [4.78, 5) is 11.8. The van der Waals surface area contributed by atoms with Crippen LogP contribution < -0.4 is 11.1 Å². The molecule has 0 heterocycles. The number of nitrogen functional groups attached to an aromatic ring is 1. The third kappa shape index (κ3) is 3.29. The van der Waals surface area contributed by atoms with Crippen molar-refractivity contribution in [3.8, 4) is 0 Å². The van der Waals surface area contributed by atoms with Crippen LogP contribution in [0.5, 0.6) is 0 Å². The molecular weight excluding hydrogens is 321 g/mol. The monoisotopic (exact) mass is 338 g/mol. The van der Waals surface area contributed by atoms with E-state index in [1.54, 1.807) is 0 Å². The number of methoxy groups -OCH3 is 1. The molecule has 2 aromatic rings. The summed E-state index contributed by atoms with van der Waals surface area (Å²) in [5.41, 5.74) is 6.87. The Morgan fingerprint density at radius 1 is 1.17 bits per heavy atom. The fraction of sp³-hybridized carbons (Fsp3) is 0.235. The zero-order chi connectivity index (χ0) is 18.0. The number of hydrogen-bond donors (Lipinski definition) is 2. The number of ether oxygens (including phenoxy) is 1. The van der Waals surface area contributed by atoms with Gasteiger partial charge in [-0.3, -0.25) is 0 Å². The number of carbonyl (C=O) groups is 1. The van der Waals surface area contributed by atoms with Gasteiger partial charge in [-0.2, -0.15) is 0 Å².